The van der Waals surface area contributed by atoms with Gasteiger partial charge in [0.05, 0.1) is 6.54 Å². The van der Waals surface area contributed by atoms with Gasteiger partial charge in [-0.1, -0.05) is 37.6 Å². The number of hydrogen-bond donors (Lipinski definition) is 1. The van der Waals surface area contributed by atoms with Crippen molar-refractivity contribution in [3.63, 3.8) is 0 Å². The van der Waals surface area contributed by atoms with Gasteiger partial charge in [-0.2, -0.15) is 0 Å². The van der Waals surface area contributed by atoms with Gasteiger partial charge in [0.15, 0.2) is 0 Å². The number of hydrogen-bond acceptors (Lipinski definition) is 3. The molecule has 4 nitrogen and oxygen atoms in total. The fraction of sp³-hybridized carbons (Fsp3) is 0.533. The van der Waals surface area contributed by atoms with E-state index in [4.69, 9.17) is 4.74 Å². The first-order valence-corrected chi connectivity index (χ1v) is 6.92. The van der Waals surface area contributed by atoms with Crippen LogP contribution in [0.25, 0.3) is 0 Å². The molecule has 1 unspecified atom stereocenters. The summed E-state index contributed by atoms with van der Waals surface area (Å²) in [6.07, 6.45) is 2.07. The van der Waals surface area contributed by atoms with E-state index in [1.54, 1.807) is 4.90 Å². The van der Waals surface area contributed by atoms with E-state index in [9.17, 15) is 4.79 Å². The fourth-order valence-electron chi connectivity index (χ4n) is 2.38. The predicted octanol–water partition coefficient (Wildman–Crippen LogP) is 2.35. The summed E-state index contributed by atoms with van der Waals surface area (Å²) in [5.74, 6) is 0. The van der Waals surface area contributed by atoms with Gasteiger partial charge in [0, 0.05) is 12.6 Å². The van der Waals surface area contributed by atoms with Crippen LogP contribution in [-0.4, -0.2) is 37.7 Å². The fourth-order valence-corrected chi connectivity index (χ4v) is 2.38. The Hall–Kier alpha value is -1.55. The Balaban J connectivity index is 2.02. The lowest BCUT2D eigenvalue weighted by Gasteiger charge is -2.22. The zero-order valence-corrected chi connectivity index (χ0v) is 11.7. The molecule has 0 aromatic heterocycles. The minimum absolute atomic E-state index is 0.154. The highest BCUT2D eigenvalue weighted by Gasteiger charge is 2.25. The van der Waals surface area contributed by atoms with Crippen molar-refractivity contribution in [3.8, 4) is 0 Å². The average Bonchev–Trinajstić information content (AvgIpc) is 2.83. The van der Waals surface area contributed by atoms with Crippen molar-refractivity contribution in [1.29, 1.82) is 0 Å². The van der Waals surface area contributed by atoms with Crippen molar-refractivity contribution < 1.29 is 9.53 Å². The van der Waals surface area contributed by atoms with Gasteiger partial charge in [0.2, 0.25) is 0 Å². The summed E-state index contributed by atoms with van der Waals surface area (Å²) >= 11 is 0. The van der Waals surface area contributed by atoms with Crippen LogP contribution < -0.4 is 5.32 Å². The summed E-state index contributed by atoms with van der Waals surface area (Å²) in [5, 5.41) is 3.27. The second kappa shape index (κ2) is 6.57. The summed E-state index contributed by atoms with van der Waals surface area (Å²) in [7, 11) is 1.92. The third-order valence-corrected chi connectivity index (χ3v) is 3.52. The molecule has 2 rings (SSSR count). The van der Waals surface area contributed by atoms with Crippen LogP contribution in [0, 0.1) is 0 Å². The number of nitrogens with one attached hydrogen (secondary N) is 1. The molecule has 1 atom stereocenters. The van der Waals surface area contributed by atoms with Crippen molar-refractivity contribution in [1.82, 2.24) is 10.2 Å². The molecule has 1 aliphatic heterocycles. The van der Waals surface area contributed by atoms with Crippen LogP contribution in [0.1, 0.15) is 30.5 Å². The number of benzene rings is 1. The van der Waals surface area contributed by atoms with Crippen molar-refractivity contribution in [2.75, 3.05) is 26.7 Å². The molecule has 0 radical (unpaired) electrons. The highest BCUT2D eigenvalue weighted by atomic mass is 16.6. The summed E-state index contributed by atoms with van der Waals surface area (Å²) < 4.78 is 4.96. The third kappa shape index (κ3) is 3.47. The molecule has 4 heteroatoms. The molecule has 0 saturated carbocycles. The van der Waals surface area contributed by atoms with E-state index in [2.05, 4.69) is 36.5 Å². The van der Waals surface area contributed by atoms with Gasteiger partial charge in [0.1, 0.15) is 6.61 Å². The Morgan fingerprint density at radius 2 is 2.11 bits per heavy atom. The van der Waals surface area contributed by atoms with E-state index in [0.29, 0.717) is 19.7 Å². The Kier molecular flexibility index (Phi) is 4.80. The molecule has 1 aromatic carbocycles. The molecule has 0 bridgehead atoms. The number of ether oxygens (including phenoxy) is 1. The molecule has 19 heavy (non-hydrogen) atoms. The Morgan fingerprint density at radius 3 is 2.63 bits per heavy atom. The first kappa shape index (κ1) is 13.9. The van der Waals surface area contributed by atoms with Gasteiger partial charge in [-0.3, -0.25) is 0 Å². The van der Waals surface area contributed by atoms with Crippen LogP contribution in [0.3, 0.4) is 0 Å². The van der Waals surface area contributed by atoms with Crippen LogP contribution in [0.2, 0.25) is 0 Å². The Bertz CT molecular complexity index is 417. The molecule has 0 spiro atoms. The molecule has 1 amide bonds. The Labute approximate surface area is 114 Å². The first-order chi connectivity index (χ1) is 9.24. The lowest BCUT2D eigenvalue weighted by Crippen LogP contribution is -2.34. The lowest BCUT2D eigenvalue weighted by molar-refractivity contribution is 0.156. The van der Waals surface area contributed by atoms with Gasteiger partial charge in [-0.25, -0.2) is 4.79 Å². The molecule has 104 valence electrons. The van der Waals surface area contributed by atoms with E-state index < -0.39 is 0 Å². The summed E-state index contributed by atoms with van der Waals surface area (Å²) in [6.45, 7) is 4.03. The van der Waals surface area contributed by atoms with Gasteiger partial charge in [0.25, 0.3) is 0 Å². The van der Waals surface area contributed by atoms with Crippen molar-refractivity contribution in [3.05, 3.63) is 35.4 Å². The maximum atomic E-state index is 11.5. The second-order valence-electron chi connectivity index (χ2n) is 4.89. The molecule has 1 aliphatic rings. The standard InChI is InChI=1S/C15H22N2O2/c1-3-4-12-5-7-13(8-6-12)14(16-2)11-17-9-10-19-15(17)18/h5-8,14,16H,3-4,9-11H2,1-2H3. The van der Waals surface area contributed by atoms with E-state index in [0.717, 1.165) is 12.8 Å². The summed E-state index contributed by atoms with van der Waals surface area (Å²) in [4.78, 5) is 13.2. The van der Waals surface area contributed by atoms with Gasteiger partial charge < -0.3 is 15.0 Å². The van der Waals surface area contributed by atoms with E-state index in [1.165, 1.54) is 11.1 Å². The highest BCUT2D eigenvalue weighted by molar-refractivity contribution is 5.69. The summed E-state index contributed by atoms with van der Waals surface area (Å²) in [6, 6.07) is 8.79. The van der Waals surface area contributed by atoms with E-state index in [-0.39, 0.29) is 12.1 Å². The molecule has 1 heterocycles. The maximum Gasteiger partial charge on any atom is 0.410 e. The SMILES string of the molecule is CCCc1ccc(C(CN2CCOC2=O)NC)cc1. The van der Waals surface area contributed by atoms with Gasteiger partial charge in [-0.05, 0) is 24.6 Å². The zero-order valence-electron chi connectivity index (χ0n) is 11.7. The van der Waals surface area contributed by atoms with Crippen LogP contribution in [0.15, 0.2) is 24.3 Å². The average molecular weight is 262 g/mol. The smallest absolute Gasteiger partial charge is 0.410 e. The maximum absolute atomic E-state index is 11.5. The number of carbonyl (C=O) groups excluding carboxylic acids is 1. The normalized spacial score (nSPS) is 16.5. The number of amides is 1. The third-order valence-electron chi connectivity index (χ3n) is 3.52. The molecule has 1 N–H and O–H groups in total. The first-order valence-electron chi connectivity index (χ1n) is 6.92. The van der Waals surface area contributed by atoms with Crippen LogP contribution in [0.5, 0.6) is 0 Å². The minimum atomic E-state index is -0.206. The zero-order chi connectivity index (χ0) is 13.7. The number of cyclic esters (lactones) is 1. The van der Waals surface area contributed by atoms with E-state index >= 15 is 0 Å². The minimum Gasteiger partial charge on any atom is -0.448 e. The van der Waals surface area contributed by atoms with Crippen molar-refractivity contribution in [2.45, 2.75) is 25.8 Å². The number of likely N-dealkylation sites (N-methyl/N-ethyl adjacent to an activating group) is 1. The summed E-state index contributed by atoms with van der Waals surface area (Å²) in [5.41, 5.74) is 2.57. The number of carbonyl (C=O) groups is 1. The molecular formula is C15H22N2O2. The van der Waals surface area contributed by atoms with Crippen LogP contribution in [-0.2, 0) is 11.2 Å². The number of aryl methyl sites for hydroxylation is 1. The monoisotopic (exact) mass is 262 g/mol. The van der Waals surface area contributed by atoms with Gasteiger partial charge >= 0.3 is 6.09 Å². The van der Waals surface area contributed by atoms with Crippen molar-refractivity contribution >= 4 is 6.09 Å². The molecule has 1 fully saturated rings. The quantitative estimate of drug-likeness (QED) is 0.855. The molecule has 1 saturated heterocycles. The van der Waals surface area contributed by atoms with Gasteiger partial charge in [-0.15, -0.1) is 0 Å². The van der Waals surface area contributed by atoms with Crippen molar-refractivity contribution in [2.24, 2.45) is 0 Å². The topological polar surface area (TPSA) is 41.6 Å². The largest absolute Gasteiger partial charge is 0.448 e. The second-order valence-corrected chi connectivity index (χ2v) is 4.89. The van der Waals surface area contributed by atoms with Crippen LogP contribution in [0.4, 0.5) is 4.79 Å². The Morgan fingerprint density at radius 1 is 1.37 bits per heavy atom. The lowest BCUT2D eigenvalue weighted by atomic mass is 10.0. The molecule has 1 aromatic rings. The predicted molar refractivity (Wildman–Crippen MR) is 75.2 cm³/mol. The van der Waals surface area contributed by atoms with Crippen LogP contribution >= 0.6 is 0 Å². The molecule has 0 aliphatic carbocycles. The molecular weight excluding hydrogens is 240 g/mol. The van der Waals surface area contributed by atoms with E-state index in [1.807, 2.05) is 7.05 Å². The number of nitrogens with zero attached hydrogens (tertiary/aromatic N) is 1. The number of rotatable bonds is 6. The highest BCUT2D eigenvalue weighted by Crippen LogP contribution is 2.17.